The molecule has 16 unspecified atom stereocenters. The third kappa shape index (κ3) is 28.0. The number of esters is 1. The van der Waals surface area contributed by atoms with Crippen LogP contribution in [-0.2, 0) is 78.3 Å². The molecule has 0 aromatic heterocycles. The van der Waals surface area contributed by atoms with Gasteiger partial charge in [-0.15, -0.1) is 0 Å². The molecule has 0 spiro atoms. The number of ether oxygens (including phenoxy) is 1. The second-order valence-corrected chi connectivity index (χ2v) is 30.5. The number of hydrogen-bond acceptors (Lipinski definition) is 17. The summed E-state index contributed by atoms with van der Waals surface area (Å²) >= 11 is 0. The van der Waals surface area contributed by atoms with Gasteiger partial charge in [0.1, 0.15) is 84.3 Å². The number of carbonyl (C=O) groups excluding carboxylic acids is 14. The van der Waals surface area contributed by atoms with E-state index in [1.165, 1.54) is 31.7 Å². The molecule has 2 aliphatic rings. The highest BCUT2D eigenvalue weighted by Crippen LogP contribution is 2.23. The number of cyclic esters (lactones) is 1. The first kappa shape index (κ1) is 91.7. The normalized spacial score (nSPS) is 22.5. The molecule has 0 bridgehead atoms. The van der Waals surface area contributed by atoms with Gasteiger partial charge in [0.05, 0.1) is 6.10 Å². The van der Waals surface area contributed by atoms with Crippen molar-refractivity contribution < 1.29 is 77.0 Å². The molecular weight excluding hydrogens is 1360 g/mol. The largest absolute Gasteiger partial charge is 0.458 e. The maximum atomic E-state index is 15.1. The Balaban J connectivity index is 2.02. The Hall–Kier alpha value is -8.54. The van der Waals surface area contributed by atoms with Crippen molar-refractivity contribution in [3.63, 3.8) is 0 Å². The third-order valence-electron chi connectivity index (χ3n) is 19.5. The van der Waals surface area contributed by atoms with E-state index in [4.69, 9.17) is 10.5 Å². The smallest absolute Gasteiger partial charge is 0.329 e. The number of likely N-dealkylation sites (tertiary alicyclic amines) is 1. The number of nitrogens with zero attached hydrogens (tertiary/aromatic N) is 1. The van der Waals surface area contributed by atoms with Crippen LogP contribution in [0.3, 0.4) is 0 Å². The predicted octanol–water partition coefficient (Wildman–Crippen LogP) is 2.23. The van der Waals surface area contributed by atoms with Crippen LogP contribution in [0, 0.1) is 47.3 Å². The molecule has 0 aliphatic carbocycles. The highest BCUT2D eigenvalue weighted by molar-refractivity contribution is 6.03. The van der Waals surface area contributed by atoms with Gasteiger partial charge in [-0.2, -0.15) is 0 Å². The summed E-state index contributed by atoms with van der Waals surface area (Å²) in [6.07, 6.45) is 1.64. The zero-order valence-corrected chi connectivity index (χ0v) is 66.0. The van der Waals surface area contributed by atoms with Crippen LogP contribution in [0.1, 0.15) is 201 Å². The van der Waals surface area contributed by atoms with E-state index >= 15 is 9.59 Å². The first-order valence-electron chi connectivity index (χ1n) is 38.0. The number of allylic oxidation sites excluding steroid dienone is 1. The molecule has 2 heterocycles. The lowest BCUT2D eigenvalue weighted by molar-refractivity contribution is -0.157. The minimum Gasteiger partial charge on any atom is -0.458 e. The van der Waals surface area contributed by atoms with Crippen LogP contribution in [0.4, 0.5) is 0 Å². The molecule has 106 heavy (non-hydrogen) atoms. The maximum absolute atomic E-state index is 15.1. The van der Waals surface area contributed by atoms with Crippen LogP contribution in [0.15, 0.2) is 42.1 Å². The summed E-state index contributed by atoms with van der Waals surface area (Å²) in [6.45, 7) is 32.0. The van der Waals surface area contributed by atoms with E-state index in [0.29, 0.717) is 43.6 Å². The molecule has 2 fully saturated rings. The van der Waals surface area contributed by atoms with Crippen molar-refractivity contribution in [2.75, 3.05) is 13.1 Å². The van der Waals surface area contributed by atoms with E-state index in [1.807, 2.05) is 13.8 Å². The number of rotatable bonds is 34. The van der Waals surface area contributed by atoms with Crippen molar-refractivity contribution in [2.24, 2.45) is 53.1 Å². The predicted molar refractivity (Wildman–Crippen MR) is 400 cm³/mol. The van der Waals surface area contributed by atoms with E-state index in [2.05, 4.69) is 63.8 Å². The topological polar surface area (TPSA) is 442 Å². The number of benzene rings is 1. The van der Waals surface area contributed by atoms with Gasteiger partial charge in [-0.05, 0) is 119 Å². The highest BCUT2D eigenvalue weighted by Gasteiger charge is 2.44. The summed E-state index contributed by atoms with van der Waals surface area (Å²) in [6, 6.07) is -7.62. The molecule has 1 aromatic rings. The van der Waals surface area contributed by atoms with Gasteiger partial charge in [-0.1, -0.05) is 166 Å². The van der Waals surface area contributed by atoms with E-state index in [-0.39, 0.29) is 56.8 Å². The zero-order chi connectivity index (χ0) is 80.1. The van der Waals surface area contributed by atoms with Gasteiger partial charge in [0.2, 0.25) is 70.9 Å². The number of aliphatic hydroxyl groups excluding tert-OH is 1. The second kappa shape index (κ2) is 44.6. The molecule has 16 atom stereocenters. The van der Waals surface area contributed by atoms with Gasteiger partial charge in [0.15, 0.2) is 0 Å². The van der Waals surface area contributed by atoms with Crippen molar-refractivity contribution in [2.45, 2.75) is 287 Å². The number of aliphatic hydroxyl groups is 1. The quantitative estimate of drug-likeness (QED) is 0.0267. The number of carbonyl (C=O) groups is 14. The van der Waals surface area contributed by atoms with Crippen LogP contribution in [0.2, 0.25) is 0 Å². The minimum absolute atomic E-state index is 0.00442. The molecule has 30 heteroatoms. The molecule has 2 saturated heterocycles. The van der Waals surface area contributed by atoms with Crippen LogP contribution in [0.5, 0.6) is 0 Å². The average Bonchev–Trinajstić information content (AvgIpc) is 1.48. The first-order chi connectivity index (χ1) is 49.7. The number of nitrogens with two attached hydrogens (primary N) is 1. The fourth-order valence-electron chi connectivity index (χ4n) is 12.3. The summed E-state index contributed by atoms with van der Waals surface area (Å²) in [4.78, 5) is 202. The first-order valence-corrected chi connectivity index (χ1v) is 38.0. The van der Waals surface area contributed by atoms with Crippen molar-refractivity contribution in [3.8, 4) is 0 Å². The van der Waals surface area contributed by atoms with Gasteiger partial charge in [0.25, 0.3) is 5.91 Å². The number of unbranched alkanes of at least 4 members (excludes halogenated alkanes) is 1. The maximum Gasteiger partial charge on any atom is 0.329 e. The lowest BCUT2D eigenvalue weighted by Gasteiger charge is -2.34. The fraction of sp³-hybridized carbons (Fsp3) is 0.711. The summed E-state index contributed by atoms with van der Waals surface area (Å²) in [5.41, 5.74) is 6.28. The minimum atomic E-state index is -1.82. The molecule has 3 rings (SSSR count). The van der Waals surface area contributed by atoms with Crippen LogP contribution < -0.4 is 69.5 Å². The summed E-state index contributed by atoms with van der Waals surface area (Å²) in [5.74, 6) is -15.0. The molecule has 13 amide bonds. The van der Waals surface area contributed by atoms with Crippen molar-refractivity contribution in [1.29, 1.82) is 0 Å². The molecular formula is C76H126N14O16. The SMILES string of the molecule is CC=C1NC(=O)C(Cc2ccccc2)NC(=O)C(C(C)C)NC(=O)C(C(C)CC)NC(=O)C(NC(=O)C(NC(=O)C(CCCCN)NC(=O)C2CCCN2C(=O)C(NC(=O)C(NC(=O)C(NC(=O)C(NC(=O)CCCC(C)C)C(C)C)C(C)O)C(C)C)C(C)C)C(C)CC)C(C)OC(=O)C(C(C)C)NC1=O. The zero-order valence-electron chi connectivity index (χ0n) is 66.0. The van der Waals surface area contributed by atoms with Crippen LogP contribution >= 0.6 is 0 Å². The molecule has 0 saturated carbocycles. The van der Waals surface area contributed by atoms with Gasteiger partial charge in [-0.3, -0.25) is 62.3 Å². The highest BCUT2D eigenvalue weighted by atomic mass is 16.5. The molecule has 30 nitrogen and oxygen atoms in total. The Labute approximate surface area is 626 Å². The standard InChI is InChI=1S/C76H126N14O16/c1-20-45(16)60(72(101)89-63-48(19)106-76(105)59(44(14)15)85-64(93)50(22-3)78-66(95)52(38-49-31-24-23-25-32-49)80-68(97)56(41(8)9)82-71(100)61(46(17)21-2)87-74(63)103)86-65(94)51(33-26-27-36-77)79-67(96)53-34-29-37-90(53)75(104)58(43(12)13)84-70(99)57(42(10)11)83-73(102)62(47(18)91)88-69(98)55(40(6)7)81-54(92)35-28-30-39(4)5/h22-25,31-32,39-48,51-53,55-63,91H,20-21,26-30,33-38,77H2,1-19H3,(H,78,95)(H,79,96)(H,80,97)(H,81,92)(H,82,100)(H,83,102)(H,84,99)(H,85,93)(H,86,94)(H,87,103)(H,88,98)(H,89,101). The fourth-order valence-corrected chi connectivity index (χ4v) is 12.3. The molecule has 596 valence electrons. The van der Waals surface area contributed by atoms with Crippen molar-refractivity contribution >= 4 is 82.8 Å². The van der Waals surface area contributed by atoms with Gasteiger partial charge < -0.3 is 84.3 Å². The summed E-state index contributed by atoms with van der Waals surface area (Å²) < 4.78 is 5.97. The molecule has 0 radical (unpaired) electrons. The number of hydrogen-bond donors (Lipinski definition) is 14. The van der Waals surface area contributed by atoms with Crippen LogP contribution in [-0.4, -0.2) is 191 Å². The number of amides is 13. The number of nitrogens with one attached hydrogen (secondary N) is 12. The summed E-state index contributed by atoms with van der Waals surface area (Å²) in [7, 11) is 0. The second-order valence-electron chi connectivity index (χ2n) is 30.5. The third-order valence-corrected chi connectivity index (χ3v) is 19.5. The van der Waals surface area contributed by atoms with E-state index in [0.717, 1.165) is 6.42 Å². The van der Waals surface area contributed by atoms with Crippen molar-refractivity contribution in [1.82, 2.24) is 68.7 Å². The van der Waals surface area contributed by atoms with E-state index in [1.54, 1.807) is 127 Å². The molecule has 15 N–H and O–H groups in total. The monoisotopic (exact) mass is 1490 g/mol. The van der Waals surface area contributed by atoms with Gasteiger partial charge in [-0.25, -0.2) is 4.79 Å². The van der Waals surface area contributed by atoms with Crippen LogP contribution in [0.25, 0.3) is 0 Å². The Morgan fingerprint density at radius 2 is 1.15 bits per heavy atom. The average molecular weight is 1490 g/mol. The van der Waals surface area contributed by atoms with E-state index < -0.39 is 203 Å². The Morgan fingerprint density at radius 1 is 0.604 bits per heavy atom. The van der Waals surface area contributed by atoms with Gasteiger partial charge >= 0.3 is 5.97 Å². The lowest BCUT2D eigenvalue weighted by Crippen LogP contribution is -2.64. The lowest BCUT2D eigenvalue weighted by atomic mass is 9.95. The molecule has 1 aromatic carbocycles. The Bertz CT molecular complexity index is 3180. The van der Waals surface area contributed by atoms with Gasteiger partial charge in [0, 0.05) is 19.4 Å². The summed E-state index contributed by atoms with van der Waals surface area (Å²) in [5, 5.41) is 43.3. The Morgan fingerprint density at radius 3 is 1.69 bits per heavy atom. The van der Waals surface area contributed by atoms with E-state index in [9.17, 15) is 62.6 Å². The van der Waals surface area contributed by atoms with Crippen molar-refractivity contribution in [3.05, 3.63) is 47.7 Å². The molecule has 2 aliphatic heterocycles. The Kier molecular flexibility index (Phi) is 38.5.